The topological polar surface area (TPSA) is 46.4 Å². The van der Waals surface area contributed by atoms with Gasteiger partial charge in [-0.05, 0) is 42.7 Å². The van der Waals surface area contributed by atoms with Gasteiger partial charge in [-0.3, -0.25) is 4.79 Å². The zero-order valence-corrected chi connectivity index (χ0v) is 16.9. The summed E-state index contributed by atoms with van der Waals surface area (Å²) in [5.74, 6) is -0.857. The minimum Gasteiger partial charge on any atom is -0.356 e. The van der Waals surface area contributed by atoms with Crippen LogP contribution in [0.15, 0.2) is 79.0 Å². The number of nitrogens with one attached hydrogen (secondary N) is 1. The van der Waals surface area contributed by atoms with Gasteiger partial charge in [0.15, 0.2) is 0 Å². The highest BCUT2D eigenvalue weighted by Gasteiger charge is 2.24. The number of aryl methyl sites for hydroxylation is 1. The first-order valence-corrected chi connectivity index (χ1v) is 10.1. The third kappa shape index (κ3) is 4.25. The Morgan fingerprint density at radius 1 is 1.03 bits per heavy atom. The summed E-state index contributed by atoms with van der Waals surface area (Å²) in [6, 6.07) is 22.5. The van der Waals surface area contributed by atoms with Crippen LogP contribution in [0.3, 0.4) is 0 Å². The van der Waals surface area contributed by atoms with Gasteiger partial charge >= 0.3 is 0 Å². The highest BCUT2D eigenvalue weighted by molar-refractivity contribution is 5.77. The van der Waals surface area contributed by atoms with Crippen LogP contribution in [0, 0.1) is 12.7 Å². The normalized spacial score (nSPS) is 12.1. The molecule has 1 unspecified atom stereocenters. The number of hydrogen-bond donors (Lipinski definition) is 1. The van der Waals surface area contributed by atoms with Crippen LogP contribution < -0.4 is 5.32 Å². The Balaban J connectivity index is 1.58. The van der Waals surface area contributed by atoms with E-state index in [0.29, 0.717) is 12.1 Å². The second-order valence-corrected chi connectivity index (χ2v) is 7.41. The fraction of sp³-hybridized carbons (Fsp3) is 0.200. The summed E-state index contributed by atoms with van der Waals surface area (Å²) in [5, 5.41) is 2.98. The molecule has 0 saturated heterocycles. The van der Waals surface area contributed by atoms with E-state index in [1.54, 1.807) is 24.4 Å². The Bertz CT molecular complexity index is 1150. The molecule has 0 bridgehead atoms. The summed E-state index contributed by atoms with van der Waals surface area (Å²) in [6.45, 7) is 2.52. The number of pyridine rings is 1. The Labute approximate surface area is 175 Å². The van der Waals surface area contributed by atoms with Crippen LogP contribution in [0.25, 0.3) is 5.65 Å². The Hall–Kier alpha value is -3.47. The number of aromatic nitrogens is 2. The van der Waals surface area contributed by atoms with Crippen molar-refractivity contribution in [3.05, 3.63) is 107 Å². The number of hydrogen-bond acceptors (Lipinski definition) is 2. The molecule has 4 rings (SSSR count). The number of rotatable bonds is 7. The van der Waals surface area contributed by atoms with E-state index in [1.807, 2.05) is 59.9 Å². The van der Waals surface area contributed by atoms with Gasteiger partial charge in [0.2, 0.25) is 5.91 Å². The summed E-state index contributed by atoms with van der Waals surface area (Å²) >= 11 is 0. The molecule has 4 nitrogen and oxygen atoms in total. The van der Waals surface area contributed by atoms with Crippen LogP contribution in [-0.4, -0.2) is 21.8 Å². The SMILES string of the molecule is Cc1cccc2ncc(C(CC(=O)NCCc3ccccc3)c3ccccc3F)n12. The number of nitrogens with zero attached hydrogens (tertiary/aromatic N) is 2. The lowest BCUT2D eigenvalue weighted by atomic mass is 9.91. The summed E-state index contributed by atoms with van der Waals surface area (Å²) in [5.41, 5.74) is 4.26. The van der Waals surface area contributed by atoms with E-state index in [-0.39, 0.29) is 18.1 Å². The zero-order chi connectivity index (χ0) is 20.9. The van der Waals surface area contributed by atoms with Crippen molar-refractivity contribution in [2.75, 3.05) is 6.54 Å². The summed E-state index contributed by atoms with van der Waals surface area (Å²) in [7, 11) is 0. The van der Waals surface area contributed by atoms with Crippen molar-refractivity contribution >= 4 is 11.6 Å². The smallest absolute Gasteiger partial charge is 0.221 e. The molecular formula is C25H24FN3O. The molecule has 1 amide bonds. The van der Waals surface area contributed by atoms with Crippen molar-refractivity contribution in [3.8, 4) is 0 Å². The quantitative estimate of drug-likeness (QED) is 0.489. The van der Waals surface area contributed by atoms with Crippen LogP contribution in [0.2, 0.25) is 0 Å². The maximum Gasteiger partial charge on any atom is 0.221 e. The average Bonchev–Trinajstić information content (AvgIpc) is 3.19. The first kappa shape index (κ1) is 19.8. The van der Waals surface area contributed by atoms with Crippen molar-refractivity contribution in [1.29, 1.82) is 0 Å². The van der Waals surface area contributed by atoms with E-state index >= 15 is 0 Å². The molecule has 2 aromatic carbocycles. The molecule has 2 aromatic heterocycles. The maximum absolute atomic E-state index is 14.7. The van der Waals surface area contributed by atoms with Crippen LogP contribution >= 0.6 is 0 Å². The van der Waals surface area contributed by atoms with Gasteiger partial charge in [0.05, 0.1) is 5.69 Å². The van der Waals surface area contributed by atoms with Gasteiger partial charge in [-0.2, -0.15) is 0 Å². The second kappa shape index (κ2) is 8.91. The zero-order valence-electron chi connectivity index (χ0n) is 16.9. The lowest BCUT2D eigenvalue weighted by molar-refractivity contribution is -0.121. The van der Waals surface area contributed by atoms with Crippen LogP contribution in [0.1, 0.15) is 34.9 Å². The van der Waals surface area contributed by atoms with Crippen molar-refractivity contribution in [2.24, 2.45) is 0 Å². The largest absolute Gasteiger partial charge is 0.356 e. The molecule has 30 heavy (non-hydrogen) atoms. The van der Waals surface area contributed by atoms with E-state index in [1.165, 1.54) is 11.6 Å². The van der Waals surface area contributed by atoms with Gasteiger partial charge in [0.1, 0.15) is 11.5 Å². The lowest BCUT2D eigenvalue weighted by Gasteiger charge is -2.19. The fourth-order valence-electron chi connectivity index (χ4n) is 3.86. The summed E-state index contributed by atoms with van der Waals surface area (Å²) < 4.78 is 16.7. The van der Waals surface area contributed by atoms with E-state index in [9.17, 15) is 9.18 Å². The van der Waals surface area contributed by atoms with Crippen molar-refractivity contribution in [1.82, 2.24) is 14.7 Å². The standard InChI is InChI=1S/C25H24FN3O/c1-18-8-7-13-24-28-17-23(29(18)24)21(20-11-5-6-12-22(20)26)16-25(30)27-15-14-19-9-3-2-4-10-19/h2-13,17,21H,14-16H2,1H3,(H,27,30). The number of carbonyl (C=O) groups is 1. The first-order chi connectivity index (χ1) is 14.6. The number of amides is 1. The molecule has 0 spiro atoms. The van der Waals surface area contributed by atoms with Gasteiger partial charge in [0, 0.05) is 30.8 Å². The predicted molar refractivity (Wildman–Crippen MR) is 116 cm³/mol. The van der Waals surface area contributed by atoms with E-state index < -0.39 is 5.92 Å². The van der Waals surface area contributed by atoms with Crippen molar-refractivity contribution in [2.45, 2.75) is 25.7 Å². The molecule has 1 N–H and O–H groups in total. The van der Waals surface area contributed by atoms with Gasteiger partial charge in [-0.15, -0.1) is 0 Å². The van der Waals surface area contributed by atoms with Crippen LogP contribution in [0.5, 0.6) is 0 Å². The Morgan fingerprint density at radius 3 is 2.60 bits per heavy atom. The highest BCUT2D eigenvalue weighted by atomic mass is 19.1. The molecule has 0 radical (unpaired) electrons. The molecule has 1 atom stereocenters. The number of imidazole rings is 1. The molecule has 4 aromatic rings. The van der Waals surface area contributed by atoms with Crippen molar-refractivity contribution < 1.29 is 9.18 Å². The fourth-order valence-corrected chi connectivity index (χ4v) is 3.86. The second-order valence-electron chi connectivity index (χ2n) is 7.41. The highest BCUT2D eigenvalue weighted by Crippen LogP contribution is 2.31. The molecular weight excluding hydrogens is 377 g/mol. The monoisotopic (exact) mass is 401 g/mol. The van der Waals surface area contributed by atoms with Crippen LogP contribution in [0.4, 0.5) is 4.39 Å². The number of benzene rings is 2. The number of fused-ring (bicyclic) bond motifs is 1. The van der Waals surface area contributed by atoms with Gasteiger partial charge < -0.3 is 9.72 Å². The third-order valence-corrected chi connectivity index (χ3v) is 5.36. The third-order valence-electron chi connectivity index (χ3n) is 5.36. The molecule has 5 heteroatoms. The Kier molecular flexibility index (Phi) is 5.89. The molecule has 0 fully saturated rings. The minimum absolute atomic E-state index is 0.109. The summed E-state index contributed by atoms with van der Waals surface area (Å²) in [6.07, 6.45) is 2.65. The lowest BCUT2D eigenvalue weighted by Crippen LogP contribution is -2.28. The van der Waals surface area contributed by atoms with E-state index in [0.717, 1.165) is 23.5 Å². The molecule has 152 valence electrons. The average molecular weight is 401 g/mol. The molecule has 0 saturated carbocycles. The van der Waals surface area contributed by atoms with Gasteiger partial charge in [0.25, 0.3) is 0 Å². The molecule has 0 aliphatic carbocycles. The van der Waals surface area contributed by atoms with E-state index in [2.05, 4.69) is 10.3 Å². The van der Waals surface area contributed by atoms with Gasteiger partial charge in [-0.25, -0.2) is 9.37 Å². The minimum atomic E-state index is -0.431. The number of halogens is 1. The predicted octanol–water partition coefficient (Wildman–Crippen LogP) is 4.66. The van der Waals surface area contributed by atoms with Crippen molar-refractivity contribution in [3.63, 3.8) is 0 Å². The van der Waals surface area contributed by atoms with Gasteiger partial charge in [-0.1, -0.05) is 54.6 Å². The maximum atomic E-state index is 14.7. The molecule has 0 aliphatic rings. The van der Waals surface area contributed by atoms with Crippen LogP contribution in [-0.2, 0) is 11.2 Å². The molecule has 2 heterocycles. The van der Waals surface area contributed by atoms with E-state index in [4.69, 9.17) is 0 Å². The summed E-state index contributed by atoms with van der Waals surface area (Å²) in [4.78, 5) is 17.3. The molecule has 0 aliphatic heterocycles. The number of carbonyl (C=O) groups excluding carboxylic acids is 1. The Morgan fingerprint density at radius 2 is 1.80 bits per heavy atom. The first-order valence-electron chi connectivity index (χ1n) is 10.1.